The molecule has 2 rings (SSSR count). The Morgan fingerprint density at radius 1 is 0.759 bits per heavy atom. The van der Waals surface area contributed by atoms with Crippen molar-refractivity contribution in [1.82, 2.24) is 10.6 Å². The van der Waals surface area contributed by atoms with Crippen LogP contribution in [0.15, 0.2) is 21.0 Å². The second-order valence-electron chi connectivity index (χ2n) is 9.53. The van der Waals surface area contributed by atoms with E-state index in [0.29, 0.717) is 42.2 Å². The van der Waals surface area contributed by atoms with Gasteiger partial charge in [0, 0.05) is 23.9 Å². The Bertz CT molecular complexity index is 804. The molecule has 6 heteroatoms. The number of amides is 2. The maximum absolute atomic E-state index is 12.4. The van der Waals surface area contributed by atoms with Gasteiger partial charge in [-0.15, -0.1) is 0 Å². The van der Waals surface area contributed by atoms with Gasteiger partial charge in [-0.3, -0.25) is 9.59 Å². The van der Waals surface area contributed by atoms with Gasteiger partial charge in [0.05, 0.1) is 11.1 Å². The van der Waals surface area contributed by atoms with Crippen LogP contribution in [-0.2, 0) is 10.8 Å². The zero-order valence-corrected chi connectivity index (χ0v) is 18.9. The molecule has 6 nitrogen and oxygen atoms in total. The first kappa shape index (κ1) is 22.8. The summed E-state index contributed by atoms with van der Waals surface area (Å²) in [5, 5.41) is 5.77. The van der Waals surface area contributed by atoms with Gasteiger partial charge >= 0.3 is 0 Å². The largest absolute Gasteiger partial charge is 0.465 e. The molecule has 0 aliphatic carbocycles. The number of hydrogen-bond donors (Lipinski definition) is 2. The molecule has 0 aromatic carbocycles. The van der Waals surface area contributed by atoms with Crippen molar-refractivity contribution in [2.75, 3.05) is 13.1 Å². The highest BCUT2D eigenvalue weighted by molar-refractivity contribution is 5.96. The SMILES string of the molecule is Cc1oc(C(C)(C)C)cc1C(=O)NCCCNC(=O)c1cc(C(C)(C)C)oc1C. The van der Waals surface area contributed by atoms with Crippen LogP contribution in [0.3, 0.4) is 0 Å². The summed E-state index contributed by atoms with van der Waals surface area (Å²) in [6.07, 6.45) is 0.629. The van der Waals surface area contributed by atoms with E-state index in [4.69, 9.17) is 8.83 Å². The van der Waals surface area contributed by atoms with Gasteiger partial charge in [0.2, 0.25) is 0 Å². The van der Waals surface area contributed by atoms with Gasteiger partial charge in [-0.1, -0.05) is 41.5 Å². The Labute approximate surface area is 173 Å². The lowest BCUT2D eigenvalue weighted by atomic mass is 9.93. The molecule has 2 aromatic heterocycles. The Morgan fingerprint density at radius 2 is 1.10 bits per heavy atom. The lowest BCUT2D eigenvalue weighted by Crippen LogP contribution is -2.30. The molecule has 0 atom stereocenters. The van der Waals surface area contributed by atoms with Crippen LogP contribution in [0.1, 0.15) is 91.7 Å². The number of carbonyl (C=O) groups excluding carboxylic acids is 2. The minimum Gasteiger partial charge on any atom is -0.465 e. The molecule has 2 aromatic rings. The van der Waals surface area contributed by atoms with E-state index in [1.807, 2.05) is 41.5 Å². The maximum Gasteiger partial charge on any atom is 0.254 e. The Hall–Kier alpha value is -2.50. The predicted molar refractivity (Wildman–Crippen MR) is 114 cm³/mol. The number of hydrogen-bond acceptors (Lipinski definition) is 4. The summed E-state index contributed by atoms with van der Waals surface area (Å²) in [7, 11) is 0. The molecule has 0 fully saturated rings. The number of furan rings is 2. The Morgan fingerprint density at radius 3 is 1.38 bits per heavy atom. The highest BCUT2D eigenvalue weighted by Crippen LogP contribution is 2.27. The van der Waals surface area contributed by atoms with E-state index < -0.39 is 0 Å². The fourth-order valence-electron chi connectivity index (χ4n) is 2.84. The molecule has 0 aliphatic rings. The minimum absolute atomic E-state index is 0.147. The van der Waals surface area contributed by atoms with Crippen molar-refractivity contribution in [3.63, 3.8) is 0 Å². The van der Waals surface area contributed by atoms with E-state index in [9.17, 15) is 9.59 Å². The smallest absolute Gasteiger partial charge is 0.254 e. The van der Waals surface area contributed by atoms with Crippen molar-refractivity contribution < 1.29 is 18.4 Å². The molecule has 0 unspecified atom stereocenters. The van der Waals surface area contributed by atoms with Crippen LogP contribution < -0.4 is 10.6 Å². The van der Waals surface area contributed by atoms with Crippen LogP contribution in [0.5, 0.6) is 0 Å². The van der Waals surface area contributed by atoms with Crippen LogP contribution in [0.2, 0.25) is 0 Å². The molecule has 2 N–H and O–H groups in total. The third kappa shape index (κ3) is 5.75. The molecule has 0 saturated heterocycles. The summed E-state index contributed by atoms with van der Waals surface area (Å²) >= 11 is 0. The molecular formula is C23H34N2O4. The zero-order valence-electron chi connectivity index (χ0n) is 18.9. The molecule has 2 amide bonds. The summed E-state index contributed by atoms with van der Waals surface area (Å²) in [4.78, 5) is 24.8. The van der Waals surface area contributed by atoms with Crippen molar-refractivity contribution in [2.45, 2.75) is 72.6 Å². The molecular weight excluding hydrogens is 368 g/mol. The van der Waals surface area contributed by atoms with Gasteiger partial charge in [0.15, 0.2) is 0 Å². The van der Waals surface area contributed by atoms with Crippen molar-refractivity contribution in [2.24, 2.45) is 0 Å². The lowest BCUT2D eigenvalue weighted by molar-refractivity contribution is 0.0950. The van der Waals surface area contributed by atoms with Gasteiger partial charge in [-0.25, -0.2) is 0 Å². The molecule has 0 spiro atoms. The van der Waals surface area contributed by atoms with Crippen LogP contribution in [-0.4, -0.2) is 24.9 Å². The molecule has 29 heavy (non-hydrogen) atoms. The summed E-state index contributed by atoms with van der Waals surface area (Å²) in [5.41, 5.74) is 0.822. The van der Waals surface area contributed by atoms with Crippen molar-refractivity contribution >= 4 is 11.8 Å². The van der Waals surface area contributed by atoms with Crippen LogP contribution >= 0.6 is 0 Å². The van der Waals surface area contributed by atoms with E-state index >= 15 is 0 Å². The van der Waals surface area contributed by atoms with E-state index in [2.05, 4.69) is 10.6 Å². The third-order valence-electron chi connectivity index (χ3n) is 4.73. The van der Waals surface area contributed by atoms with E-state index in [0.717, 1.165) is 11.5 Å². The van der Waals surface area contributed by atoms with Crippen LogP contribution in [0.25, 0.3) is 0 Å². The van der Waals surface area contributed by atoms with Crippen LogP contribution in [0.4, 0.5) is 0 Å². The topological polar surface area (TPSA) is 84.5 Å². The van der Waals surface area contributed by atoms with Crippen molar-refractivity contribution in [1.29, 1.82) is 0 Å². The first-order chi connectivity index (χ1) is 13.3. The average molecular weight is 403 g/mol. The van der Waals surface area contributed by atoms with Gasteiger partial charge in [0.25, 0.3) is 11.8 Å². The Balaban J connectivity index is 1.81. The van der Waals surface area contributed by atoms with Gasteiger partial charge < -0.3 is 19.5 Å². The summed E-state index contributed by atoms with van der Waals surface area (Å²) < 4.78 is 11.4. The van der Waals surface area contributed by atoms with Crippen molar-refractivity contribution in [3.8, 4) is 0 Å². The second kappa shape index (κ2) is 8.47. The second-order valence-corrected chi connectivity index (χ2v) is 9.53. The van der Waals surface area contributed by atoms with Gasteiger partial charge in [-0.05, 0) is 32.4 Å². The first-order valence-corrected chi connectivity index (χ1v) is 10.1. The quantitative estimate of drug-likeness (QED) is 0.690. The summed E-state index contributed by atoms with van der Waals surface area (Å²) in [6, 6.07) is 3.61. The highest BCUT2D eigenvalue weighted by Gasteiger charge is 2.24. The van der Waals surface area contributed by atoms with Crippen LogP contribution in [0, 0.1) is 13.8 Å². The molecule has 0 aliphatic heterocycles. The molecule has 0 radical (unpaired) electrons. The predicted octanol–water partition coefficient (Wildman–Crippen LogP) is 4.63. The number of aryl methyl sites for hydroxylation is 2. The zero-order chi connectivity index (χ0) is 22.0. The molecule has 160 valence electrons. The standard InChI is InChI=1S/C23H34N2O4/c1-14-16(12-18(28-14)22(3,4)5)20(26)24-10-9-11-25-21(27)17-13-19(23(6,7)8)29-15(17)2/h12-13H,9-11H2,1-8H3,(H,24,26)(H,25,27). The molecule has 2 heterocycles. The lowest BCUT2D eigenvalue weighted by Gasteiger charge is -2.13. The molecule has 0 saturated carbocycles. The Kier molecular flexibility index (Phi) is 6.66. The van der Waals surface area contributed by atoms with E-state index in [-0.39, 0.29) is 22.6 Å². The minimum atomic E-state index is -0.159. The maximum atomic E-state index is 12.4. The number of nitrogens with one attached hydrogen (secondary N) is 2. The normalized spacial score (nSPS) is 12.1. The van der Waals surface area contributed by atoms with Gasteiger partial charge in [-0.2, -0.15) is 0 Å². The number of rotatable bonds is 6. The van der Waals surface area contributed by atoms with E-state index in [1.165, 1.54) is 0 Å². The first-order valence-electron chi connectivity index (χ1n) is 10.1. The van der Waals surface area contributed by atoms with E-state index in [1.54, 1.807) is 26.0 Å². The molecule has 0 bridgehead atoms. The summed E-state index contributed by atoms with van der Waals surface area (Å²) in [5.74, 6) is 2.49. The third-order valence-corrected chi connectivity index (χ3v) is 4.73. The van der Waals surface area contributed by atoms with Gasteiger partial charge in [0.1, 0.15) is 23.0 Å². The summed E-state index contributed by atoms with van der Waals surface area (Å²) in [6.45, 7) is 16.8. The monoisotopic (exact) mass is 402 g/mol. The fourth-order valence-corrected chi connectivity index (χ4v) is 2.84. The average Bonchev–Trinajstić information content (AvgIpc) is 3.16. The fraction of sp³-hybridized carbons (Fsp3) is 0.565. The van der Waals surface area contributed by atoms with Crippen molar-refractivity contribution in [3.05, 3.63) is 46.3 Å². The highest BCUT2D eigenvalue weighted by atomic mass is 16.3. The number of carbonyl (C=O) groups is 2.